The molecule has 0 aliphatic heterocycles. The number of rotatable bonds is 8. The first kappa shape index (κ1) is 14.1. The quantitative estimate of drug-likeness (QED) is 0.354. The van der Waals surface area contributed by atoms with Crippen molar-refractivity contribution >= 4 is 11.9 Å². The van der Waals surface area contributed by atoms with E-state index in [1.165, 1.54) is 39.0 Å². The maximum absolute atomic E-state index is 10.9. The molecule has 0 aromatic rings. The van der Waals surface area contributed by atoms with Gasteiger partial charge in [-0.15, -0.1) is 0 Å². The second-order valence-electron chi connectivity index (χ2n) is 3.84. The smallest absolute Gasteiger partial charge is 0.313 e. The van der Waals surface area contributed by atoms with Crippen LogP contribution in [0.4, 0.5) is 0 Å². The number of hydrogen-bond acceptors (Lipinski definition) is 3. The fraction of sp³-hybridized carbons (Fsp3) is 0.833. The molecule has 0 fully saturated rings. The third-order valence-corrected chi connectivity index (χ3v) is 2.24. The summed E-state index contributed by atoms with van der Waals surface area (Å²) in [5.41, 5.74) is 0. The molecule has 0 amide bonds. The maximum atomic E-state index is 10.9. The molecule has 0 spiro atoms. The predicted octanol–water partition coefficient (Wildman–Crippen LogP) is 3.22. The van der Waals surface area contributed by atoms with E-state index in [4.69, 9.17) is 0 Å². The molecule has 0 bridgehead atoms. The topological polar surface area (TPSA) is 43.4 Å². The van der Waals surface area contributed by atoms with E-state index >= 15 is 0 Å². The lowest BCUT2D eigenvalue weighted by Crippen LogP contribution is -2.08. The molecule has 3 heteroatoms. The summed E-state index contributed by atoms with van der Waals surface area (Å²) in [6.45, 7) is 3.44. The number of carbonyl (C=O) groups is 2. The van der Waals surface area contributed by atoms with Crippen molar-refractivity contribution in [2.75, 3.05) is 0 Å². The zero-order chi connectivity index (χ0) is 11.5. The van der Waals surface area contributed by atoms with Crippen LogP contribution < -0.4 is 0 Å². The van der Waals surface area contributed by atoms with Gasteiger partial charge in [0.05, 0.1) is 0 Å². The van der Waals surface area contributed by atoms with Crippen LogP contribution in [0.25, 0.3) is 0 Å². The predicted molar refractivity (Wildman–Crippen MR) is 59.4 cm³/mol. The highest BCUT2D eigenvalue weighted by Crippen LogP contribution is 2.08. The van der Waals surface area contributed by atoms with Crippen molar-refractivity contribution in [3.05, 3.63) is 0 Å². The van der Waals surface area contributed by atoms with E-state index in [0.717, 1.165) is 12.8 Å². The molecule has 0 aliphatic rings. The molecule has 3 nitrogen and oxygen atoms in total. The third-order valence-electron chi connectivity index (χ3n) is 2.24. The van der Waals surface area contributed by atoms with Gasteiger partial charge in [0.15, 0.2) is 0 Å². The van der Waals surface area contributed by atoms with Gasteiger partial charge in [-0.1, -0.05) is 45.4 Å². The van der Waals surface area contributed by atoms with Crippen molar-refractivity contribution in [2.24, 2.45) is 0 Å². The molecule has 88 valence electrons. The Balaban J connectivity index is 3.16. The number of unbranched alkanes of at least 4 members (excludes halogenated alkanes) is 6. The van der Waals surface area contributed by atoms with Gasteiger partial charge in [-0.25, -0.2) is 0 Å². The summed E-state index contributed by atoms with van der Waals surface area (Å²) in [4.78, 5) is 21.4. The first-order valence-electron chi connectivity index (χ1n) is 5.88. The fourth-order valence-corrected chi connectivity index (χ4v) is 1.44. The Kier molecular flexibility index (Phi) is 9.13. The molecule has 0 atom stereocenters. The van der Waals surface area contributed by atoms with Crippen molar-refractivity contribution in [1.82, 2.24) is 0 Å². The van der Waals surface area contributed by atoms with Crippen molar-refractivity contribution in [2.45, 2.75) is 65.2 Å². The summed E-state index contributed by atoms with van der Waals surface area (Å²) in [6, 6.07) is 0. The maximum Gasteiger partial charge on any atom is 0.313 e. The first-order valence-corrected chi connectivity index (χ1v) is 5.88. The SMILES string of the molecule is CCCCCCCCCC(=O)OC(C)=O. The van der Waals surface area contributed by atoms with Gasteiger partial charge in [0.25, 0.3) is 0 Å². The van der Waals surface area contributed by atoms with Crippen LogP contribution in [-0.2, 0) is 14.3 Å². The van der Waals surface area contributed by atoms with Crippen LogP contribution in [0.1, 0.15) is 65.2 Å². The molecule has 0 unspecified atom stereocenters. The van der Waals surface area contributed by atoms with Crippen LogP contribution in [-0.4, -0.2) is 11.9 Å². The average Bonchev–Trinajstić information content (AvgIpc) is 2.15. The van der Waals surface area contributed by atoms with E-state index in [0.29, 0.717) is 6.42 Å². The molecular weight excluding hydrogens is 192 g/mol. The van der Waals surface area contributed by atoms with Crippen LogP contribution >= 0.6 is 0 Å². The van der Waals surface area contributed by atoms with Gasteiger partial charge in [0, 0.05) is 13.3 Å². The molecule has 0 saturated carbocycles. The molecule has 0 saturated heterocycles. The highest BCUT2D eigenvalue weighted by atomic mass is 16.6. The van der Waals surface area contributed by atoms with Crippen LogP contribution in [0.5, 0.6) is 0 Å². The van der Waals surface area contributed by atoms with E-state index < -0.39 is 11.9 Å². The molecular formula is C12H22O3. The summed E-state index contributed by atoms with van der Waals surface area (Å²) < 4.78 is 4.42. The summed E-state index contributed by atoms with van der Waals surface area (Å²) in [5, 5.41) is 0. The van der Waals surface area contributed by atoms with E-state index in [2.05, 4.69) is 11.7 Å². The Labute approximate surface area is 92.2 Å². The van der Waals surface area contributed by atoms with Gasteiger partial charge in [-0.05, 0) is 6.42 Å². The molecule has 0 radical (unpaired) electrons. The van der Waals surface area contributed by atoms with Gasteiger partial charge >= 0.3 is 11.9 Å². The zero-order valence-electron chi connectivity index (χ0n) is 9.88. The Morgan fingerprint density at radius 1 is 0.933 bits per heavy atom. The second kappa shape index (κ2) is 9.69. The second-order valence-corrected chi connectivity index (χ2v) is 3.84. The molecule has 0 aromatic carbocycles. The number of ether oxygens (including phenoxy) is 1. The number of esters is 2. The Morgan fingerprint density at radius 3 is 2.00 bits per heavy atom. The standard InChI is InChI=1S/C12H22O3/c1-3-4-5-6-7-8-9-10-12(14)15-11(2)13/h3-10H2,1-2H3. The minimum Gasteiger partial charge on any atom is -0.393 e. The van der Waals surface area contributed by atoms with Gasteiger partial charge in [-0.3, -0.25) is 9.59 Å². The molecule has 15 heavy (non-hydrogen) atoms. The van der Waals surface area contributed by atoms with E-state index in [-0.39, 0.29) is 0 Å². The highest BCUT2D eigenvalue weighted by Gasteiger charge is 2.04. The lowest BCUT2D eigenvalue weighted by molar-refractivity contribution is -0.158. The van der Waals surface area contributed by atoms with Crippen molar-refractivity contribution in [1.29, 1.82) is 0 Å². The molecule has 0 aromatic heterocycles. The molecule has 0 heterocycles. The summed E-state index contributed by atoms with van der Waals surface area (Å²) in [6.07, 6.45) is 8.51. The monoisotopic (exact) mass is 214 g/mol. The Morgan fingerprint density at radius 2 is 1.47 bits per heavy atom. The number of hydrogen-bond donors (Lipinski definition) is 0. The minimum atomic E-state index is -0.511. The lowest BCUT2D eigenvalue weighted by atomic mass is 10.1. The largest absolute Gasteiger partial charge is 0.393 e. The van der Waals surface area contributed by atoms with E-state index in [9.17, 15) is 9.59 Å². The van der Waals surface area contributed by atoms with Crippen molar-refractivity contribution in [3.63, 3.8) is 0 Å². The van der Waals surface area contributed by atoms with Crippen LogP contribution in [0.2, 0.25) is 0 Å². The van der Waals surface area contributed by atoms with Gasteiger partial charge in [-0.2, -0.15) is 0 Å². The molecule has 0 N–H and O–H groups in total. The minimum absolute atomic E-state index is 0.368. The number of carbonyl (C=O) groups excluding carboxylic acids is 2. The van der Waals surface area contributed by atoms with E-state index in [1.54, 1.807) is 0 Å². The Hall–Kier alpha value is -0.860. The first-order chi connectivity index (χ1) is 7.16. The van der Waals surface area contributed by atoms with Gasteiger partial charge < -0.3 is 4.74 Å². The van der Waals surface area contributed by atoms with Crippen LogP contribution in [0, 0.1) is 0 Å². The van der Waals surface area contributed by atoms with E-state index in [1.807, 2.05) is 0 Å². The lowest BCUT2D eigenvalue weighted by Gasteiger charge is -2.01. The summed E-state index contributed by atoms with van der Waals surface area (Å²) in [7, 11) is 0. The van der Waals surface area contributed by atoms with Crippen LogP contribution in [0.3, 0.4) is 0 Å². The third kappa shape index (κ3) is 11.1. The van der Waals surface area contributed by atoms with Crippen molar-refractivity contribution in [3.8, 4) is 0 Å². The molecule has 0 rings (SSSR count). The van der Waals surface area contributed by atoms with Crippen molar-refractivity contribution < 1.29 is 14.3 Å². The Bertz CT molecular complexity index is 187. The summed E-state index contributed by atoms with van der Waals surface area (Å²) >= 11 is 0. The highest BCUT2D eigenvalue weighted by molar-refractivity contribution is 5.83. The summed E-state index contributed by atoms with van der Waals surface area (Å²) in [5.74, 6) is -0.904. The normalized spacial score (nSPS) is 10.0. The van der Waals surface area contributed by atoms with Gasteiger partial charge in [0.1, 0.15) is 0 Å². The molecule has 0 aliphatic carbocycles. The average molecular weight is 214 g/mol. The van der Waals surface area contributed by atoms with Crippen LogP contribution in [0.15, 0.2) is 0 Å². The zero-order valence-corrected chi connectivity index (χ0v) is 9.88. The fourth-order valence-electron chi connectivity index (χ4n) is 1.44. The van der Waals surface area contributed by atoms with Gasteiger partial charge in [0.2, 0.25) is 0 Å².